The number of hydrogen-bond acceptors (Lipinski definition) is 4. The molecule has 0 radical (unpaired) electrons. The number of carbonyl (C=O) groups excluding carboxylic acids is 2. The van der Waals surface area contributed by atoms with E-state index in [0.717, 1.165) is 17.0 Å². The molecule has 1 aliphatic heterocycles. The largest absolute Gasteiger partial charge is 0.459 e. The van der Waals surface area contributed by atoms with Crippen molar-refractivity contribution in [1.29, 1.82) is 0 Å². The number of aromatic nitrogens is 1. The smallest absolute Gasteiger partial charge is 0.289 e. The average Bonchev–Trinajstić information content (AvgIpc) is 3.20. The fourth-order valence-electron chi connectivity index (χ4n) is 3.09. The van der Waals surface area contributed by atoms with E-state index in [9.17, 15) is 9.59 Å². The summed E-state index contributed by atoms with van der Waals surface area (Å²) in [5, 5.41) is 0. The van der Waals surface area contributed by atoms with E-state index >= 15 is 0 Å². The van der Waals surface area contributed by atoms with E-state index in [1.54, 1.807) is 17.0 Å². The molecule has 0 N–H and O–H groups in total. The van der Waals surface area contributed by atoms with Crippen molar-refractivity contribution in [2.45, 2.75) is 13.8 Å². The van der Waals surface area contributed by atoms with E-state index in [4.69, 9.17) is 4.42 Å². The Morgan fingerprint density at radius 3 is 2.42 bits per heavy atom. The Bertz CT molecular complexity index is 738. The van der Waals surface area contributed by atoms with Crippen LogP contribution in [0.3, 0.4) is 0 Å². The number of carbonyl (C=O) groups is 2. The lowest BCUT2D eigenvalue weighted by Crippen LogP contribution is -2.49. The summed E-state index contributed by atoms with van der Waals surface area (Å²) in [7, 11) is 1.97. The Hall–Kier alpha value is -2.34. The third-order valence-electron chi connectivity index (χ3n) is 4.83. The lowest BCUT2D eigenvalue weighted by atomic mass is 10.1. The van der Waals surface area contributed by atoms with Gasteiger partial charge in [-0.05, 0) is 32.0 Å². The van der Waals surface area contributed by atoms with Gasteiger partial charge < -0.3 is 13.9 Å². The normalized spacial score (nSPS) is 15.7. The van der Waals surface area contributed by atoms with Crippen LogP contribution in [-0.2, 0) is 7.05 Å². The number of ketones is 1. The molecule has 2 aromatic heterocycles. The van der Waals surface area contributed by atoms with E-state index in [2.05, 4.69) is 4.90 Å². The number of piperazine rings is 1. The second kappa shape index (κ2) is 6.65. The van der Waals surface area contributed by atoms with Gasteiger partial charge in [-0.1, -0.05) is 0 Å². The highest BCUT2D eigenvalue weighted by Crippen LogP contribution is 2.15. The number of hydrogen-bond donors (Lipinski definition) is 0. The number of aryl methyl sites for hydroxylation is 1. The molecular weight excluding hydrogens is 306 g/mol. The van der Waals surface area contributed by atoms with E-state index < -0.39 is 0 Å². The summed E-state index contributed by atoms with van der Waals surface area (Å²) in [6.07, 6.45) is 1.51. The molecule has 1 amide bonds. The Balaban J connectivity index is 1.56. The number of furan rings is 1. The molecule has 1 fully saturated rings. The van der Waals surface area contributed by atoms with Gasteiger partial charge in [0.25, 0.3) is 5.91 Å². The molecule has 0 atom stereocenters. The first kappa shape index (κ1) is 16.5. The van der Waals surface area contributed by atoms with Gasteiger partial charge in [-0.25, -0.2) is 0 Å². The first-order valence-corrected chi connectivity index (χ1v) is 8.18. The van der Waals surface area contributed by atoms with Gasteiger partial charge in [-0.2, -0.15) is 0 Å². The molecule has 3 heterocycles. The van der Waals surface area contributed by atoms with Crippen LogP contribution in [0.15, 0.2) is 28.9 Å². The summed E-state index contributed by atoms with van der Waals surface area (Å²) in [5.74, 6) is 0.428. The third kappa shape index (κ3) is 3.14. The van der Waals surface area contributed by atoms with Crippen LogP contribution in [0.5, 0.6) is 0 Å². The van der Waals surface area contributed by atoms with E-state index in [-0.39, 0.29) is 11.7 Å². The summed E-state index contributed by atoms with van der Waals surface area (Å²) in [6, 6.07) is 5.35. The second-order valence-electron chi connectivity index (χ2n) is 6.31. The first-order chi connectivity index (χ1) is 11.5. The molecule has 1 saturated heterocycles. The minimum Gasteiger partial charge on any atom is -0.459 e. The topological polar surface area (TPSA) is 58.7 Å². The van der Waals surface area contributed by atoms with Gasteiger partial charge in [-0.15, -0.1) is 0 Å². The lowest BCUT2D eigenvalue weighted by molar-refractivity contribution is 0.0596. The summed E-state index contributed by atoms with van der Waals surface area (Å²) in [4.78, 5) is 28.7. The van der Waals surface area contributed by atoms with Crippen molar-refractivity contribution in [3.63, 3.8) is 0 Å². The van der Waals surface area contributed by atoms with E-state index in [1.807, 2.05) is 31.5 Å². The van der Waals surface area contributed by atoms with Crippen molar-refractivity contribution in [2.75, 3.05) is 32.7 Å². The van der Waals surface area contributed by atoms with Crippen LogP contribution < -0.4 is 0 Å². The number of nitrogens with zero attached hydrogens (tertiary/aromatic N) is 3. The number of Topliss-reactive ketones (excluding diaryl/α,β-unsaturated/α-hetero) is 1. The molecule has 0 bridgehead atoms. The molecular formula is C18H23N3O3. The molecule has 128 valence electrons. The van der Waals surface area contributed by atoms with Gasteiger partial charge in [0.1, 0.15) is 0 Å². The summed E-state index contributed by atoms with van der Waals surface area (Å²) >= 11 is 0. The maximum absolute atomic E-state index is 12.6. The minimum atomic E-state index is -0.0829. The first-order valence-electron chi connectivity index (χ1n) is 8.18. The maximum atomic E-state index is 12.6. The molecule has 24 heavy (non-hydrogen) atoms. The van der Waals surface area contributed by atoms with Crippen molar-refractivity contribution in [1.82, 2.24) is 14.4 Å². The molecule has 6 heteroatoms. The van der Waals surface area contributed by atoms with Crippen molar-refractivity contribution in [3.8, 4) is 0 Å². The Kier molecular flexibility index (Phi) is 4.57. The molecule has 0 aliphatic carbocycles. The van der Waals surface area contributed by atoms with Crippen molar-refractivity contribution in [3.05, 3.63) is 47.2 Å². The molecule has 0 unspecified atom stereocenters. The van der Waals surface area contributed by atoms with E-state index in [1.165, 1.54) is 6.26 Å². The van der Waals surface area contributed by atoms with Gasteiger partial charge in [0.15, 0.2) is 11.5 Å². The second-order valence-corrected chi connectivity index (χ2v) is 6.31. The third-order valence-corrected chi connectivity index (χ3v) is 4.83. The predicted molar refractivity (Wildman–Crippen MR) is 90.3 cm³/mol. The highest BCUT2D eigenvalue weighted by Gasteiger charge is 2.25. The van der Waals surface area contributed by atoms with Crippen LogP contribution in [0.4, 0.5) is 0 Å². The van der Waals surface area contributed by atoms with Crippen LogP contribution in [-0.4, -0.2) is 58.8 Å². The van der Waals surface area contributed by atoms with Gasteiger partial charge in [0, 0.05) is 50.2 Å². The number of rotatable bonds is 4. The van der Waals surface area contributed by atoms with Gasteiger partial charge in [0.2, 0.25) is 0 Å². The van der Waals surface area contributed by atoms with Crippen LogP contribution in [0.25, 0.3) is 0 Å². The standard InChI is InChI=1S/C18H23N3O3/c1-13-11-15(14(2)19(13)3)16(22)12-20-6-8-21(9-7-20)18(23)17-5-4-10-24-17/h4-5,10-11H,6-9,12H2,1-3H3. The molecule has 2 aromatic rings. The molecule has 0 aromatic carbocycles. The van der Waals surface area contributed by atoms with Crippen LogP contribution in [0, 0.1) is 13.8 Å². The molecule has 0 spiro atoms. The fourth-order valence-corrected chi connectivity index (χ4v) is 3.09. The molecule has 6 nitrogen and oxygen atoms in total. The Morgan fingerprint density at radius 2 is 1.88 bits per heavy atom. The zero-order chi connectivity index (χ0) is 17.3. The van der Waals surface area contributed by atoms with Gasteiger partial charge in [-0.3, -0.25) is 14.5 Å². The highest BCUT2D eigenvalue weighted by molar-refractivity contribution is 5.99. The highest BCUT2D eigenvalue weighted by atomic mass is 16.3. The zero-order valence-electron chi connectivity index (χ0n) is 14.4. The van der Waals surface area contributed by atoms with Crippen molar-refractivity contribution < 1.29 is 14.0 Å². The average molecular weight is 329 g/mol. The molecule has 1 aliphatic rings. The lowest BCUT2D eigenvalue weighted by Gasteiger charge is -2.33. The van der Waals surface area contributed by atoms with Crippen LogP contribution in [0.1, 0.15) is 32.3 Å². The van der Waals surface area contributed by atoms with Crippen molar-refractivity contribution in [2.24, 2.45) is 7.05 Å². The summed E-state index contributed by atoms with van der Waals surface area (Å²) in [6.45, 7) is 6.99. The maximum Gasteiger partial charge on any atom is 0.289 e. The minimum absolute atomic E-state index is 0.0829. The quantitative estimate of drug-likeness (QED) is 0.804. The van der Waals surface area contributed by atoms with Crippen molar-refractivity contribution >= 4 is 11.7 Å². The zero-order valence-corrected chi connectivity index (χ0v) is 14.4. The predicted octanol–water partition coefficient (Wildman–Crippen LogP) is 1.88. The van der Waals surface area contributed by atoms with Crippen LogP contribution in [0.2, 0.25) is 0 Å². The van der Waals surface area contributed by atoms with Gasteiger partial charge >= 0.3 is 0 Å². The SMILES string of the molecule is Cc1cc(C(=O)CN2CCN(C(=O)c3ccco3)CC2)c(C)n1C. The summed E-state index contributed by atoms with van der Waals surface area (Å²) in [5.41, 5.74) is 2.89. The molecule has 0 saturated carbocycles. The Labute approximate surface area is 141 Å². The number of amides is 1. The summed E-state index contributed by atoms with van der Waals surface area (Å²) < 4.78 is 7.20. The van der Waals surface area contributed by atoms with E-state index in [0.29, 0.717) is 38.5 Å². The fraction of sp³-hybridized carbons (Fsp3) is 0.444. The molecule has 3 rings (SSSR count). The van der Waals surface area contributed by atoms with Gasteiger partial charge in [0.05, 0.1) is 12.8 Å². The Morgan fingerprint density at radius 1 is 1.17 bits per heavy atom. The monoisotopic (exact) mass is 329 g/mol. The van der Waals surface area contributed by atoms with Crippen LogP contribution >= 0.6 is 0 Å².